The van der Waals surface area contributed by atoms with Gasteiger partial charge in [-0.2, -0.15) is 0 Å². The van der Waals surface area contributed by atoms with Crippen LogP contribution in [0, 0.1) is 11.7 Å². The Morgan fingerprint density at radius 1 is 1.37 bits per heavy atom. The van der Waals surface area contributed by atoms with Crippen molar-refractivity contribution >= 4 is 35.4 Å². The molecule has 10 heteroatoms. The highest BCUT2D eigenvalue weighted by Gasteiger charge is 2.50. The number of nitrogens with zero attached hydrogens (tertiary/aromatic N) is 2. The van der Waals surface area contributed by atoms with Crippen molar-refractivity contribution in [3.8, 4) is 0 Å². The van der Waals surface area contributed by atoms with Crippen molar-refractivity contribution in [1.82, 2.24) is 15.1 Å². The van der Waals surface area contributed by atoms with Crippen LogP contribution < -0.4 is 5.32 Å². The van der Waals surface area contributed by atoms with Crippen LogP contribution >= 0.6 is 11.6 Å². The van der Waals surface area contributed by atoms with Crippen LogP contribution in [0.5, 0.6) is 0 Å². The zero-order valence-electron chi connectivity index (χ0n) is 16.7. The normalized spacial score (nSPS) is 24.1. The second kappa shape index (κ2) is 8.59. The molecule has 2 unspecified atom stereocenters. The quantitative estimate of drug-likeness (QED) is 0.559. The van der Waals surface area contributed by atoms with Crippen molar-refractivity contribution in [1.29, 1.82) is 0 Å². The molecule has 0 saturated carbocycles. The maximum absolute atomic E-state index is 13.4. The van der Waals surface area contributed by atoms with Gasteiger partial charge >= 0.3 is 12.0 Å². The number of benzene rings is 1. The summed E-state index contributed by atoms with van der Waals surface area (Å²) in [6.07, 6.45) is 1.24. The summed E-state index contributed by atoms with van der Waals surface area (Å²) in [5, 5.41) is 2.54. The van der Waals surface area contributed by atoms with Gasteiger partial charge in [0.2, 0.25) is 5.91 Å². The van der Waals surface area contributed by atoms with E-state index >= 15 is 0 Å². The average Bonchev–Trinajstić information content (AvgIpc) is 2.91. The summed E-state index contributed by atoms with van der Waals surface area (Å²) < 4.78 is 18.4. The van der Waals surface area contributed by atoms with Gasteiger partial charge in [-0.25, -0.2) is 9.18 Å². The molecule has 2 aliphatic rings. The number of halogens is 2. The first-order valence-corrected chi connectivity index (χ1v) is 10.1. The van der Waals surface area contributed by atoms with E-state index in [1.165, 1.54) is 17.9 Å². The van der Waals surface area contributed by atoms with Gasteiger partial charge in [0.25, 0.3) is 5.91 Å². The van der Waals surface area contributed by atoms with E-state index in [0.29, 0.717) is 19.4 Å². The van der Waals surface area contributed by atoms with Crippen molar-refractivity contribution in [2.24, 2.45) is 5.92 Å². The van der Waals surface area contributed by atoms with Crippen molar-refractivity contribution in [3.05, 3.63) is 34.6 Å². The minimum absolute atomic E-state index is 0.00682. The number of ether oxygens (including phenoxy) is 1. The molecule has 0 aromatic heterocycles. The monoisotopic (exact) mass is 439 g/mol. The lowest BCUT2D eigenvalue weighted by Crippen LogP contribution is -2.48. The summed E-state index contributed by atoms with van der Waals surface area (Å²) in [4.78, 5) is 52.5. The molecular formula is C20H23ClFN3O5. The number of carbonyl (C=O) groups is 4. The Morgan fingerprint density at radius 3 is 2.77 bits per heavy atom. The molecule has 0 bridgehead atoms. The fourth-order valence-corrected chi connectivity index (χ4v) is 4.17. The van der Waals surface area contributed by atoms with Gasteiger partial charge in [-0.15, -0.1) is 0 Å². The standard InChI is InChI=1S/C20H23ClFN3O5/c1-3-30-17(27)12-5-4-8-24(10-12)16(26)11-25-18(28)20(2,23-19(25)29)14-7-6-13(22)9-15(14)21/h6-7,9,12H,3-5,8,10-11H2,1-2H3,(H,23,29). The number of carbonyl (C=O) groups excluding carboxylic acids is 4. The van der Waals surface area contributed by atoms with Gasteiger partial charge in [0, 0.05) is 23.7 Å². The number of imide groups is 1. The largest absolute Gasteiger partial charge is 0.466 e. The number of likely N-dealkylation sites (tertiary alicyclic amines) is 1. The number of esters is 1. The van der Waals surface area contributed by atoms with E-state index in [4.69, 9.17) is 16.3 Å². The van der Waals surface area contributed by atoms with Crippen molar-refractivity contribution in [3.63, 3.8) is 0 Å². The van der Waals surface area contributed by atoms with Crippen molar-refractivity contribution in [2.45, 2.75) is 32.2 Å². The fraction of sp³-hybridized carbons (Fsp3) is 0.500. The second-order valence-corrected chi connectivity index (χ2v) is 7.91. The first kappa shape index (κ1) is 22.0. The van der Waals surface area contributed by atoms with Crippen molar-refractivity contribution < 1.29 is 28.3 Å². The summed E-state index contributed by atoms with van der Waals surface area (Å²) in [5.41, 5.74) is -1.28. The van der Waals surface area contributed by atoms with Gasteiger partial charge in [-0.05, 0) is 38.8 Å². The lowest BCUT2D eigenvalue weighted by atomic mass is 9.92. The van der Waals surface area contributed by atoms with E-state index in [1.54, 1.807) is 6.92 Å². The molecule has 4 amide bonds. The third-order valence-electron chi connectivity index (χ3n) is 5.43. The highest BCUT2D eigenvalue weighted by atomic mass is 35.5. The minimum Gasteiger partial charge on any atom is -0.466 e. The van der Waals surface area contributed by atoms with Gasteiger partial charge in [0.1, 0.15) is 17.9 Å². The maximum atomic E-state index is 13.4. The van der Waals surface area contributed by atoms with E-state index in [-0.39, 0.29) is 29.7 Å². The number of hydrogen-bond donors (Lipinski definition) is 1. The first-order chi connectivity index (χ1) is 14.2. The Bertz CT molecular complexity index is 895. The predicted molar refractivity (Wildman–Crippen MR) is 105 cm³/mol. The van der Waals surface area contributed by atoms with Gasteiger partial charge < -0.3 is 15.0 Å². The predicted octanol–water partition coefficient (Wildman–Crippen LogP) is 2.05. The summed E-state index contributed by atoms with van der Waals surface area (Å²) in [5.74, 6) is -2.45. The Hall–Kier alpha value is -2.68. The van der Waals surface area contributed by atoms with E-state index < -0.39 is 41.7 Å². The van der Waals surface area contributed by atoms with E-state index in [0.717, 1.165) is 17.0 Å². The second-order valence-electron chi connectivity index (χ2n) is 7.50. The third-order valence-corrected chi connectivity index (χ3v) is 5.74. The first-order valence-electron chi connectivity index (χ1n) is 9.71. The SMILES string of the molecule is CCOC(=O)C1CCCN(C(=O)CN2C(=O)NC(C)(c3ccc(F)cc3Cl)C2=O)C1. The molecule has 162 valence electrons. The number of hydrogen-bond acceptors (Lipinski definition) is 5. The maximum Gasteiger partial charge on any atom is 0.325 e. The molecule has 8 nitrogen and oxygen atoms in total. The van der Waals surface area contributed by atoms with Crippen LogP contribution in [0.3, 0.4) is 0 Å². The topological polar surface area (TPSA) is 96.0 Å². The van der Waals surface area contributed by atoms with E-state index in [2.05, 4.69) is 5.32 Å². The molecule has 30 heavy (non-hydrogen) atoms. The molecule has 3 rings (SSSR count). The molecule has 1 aromatic rings. The number of piperidine rings is 1. The highest BCUT2D eigenvalue weighted by molar-refractivity contribution is 6.32. The van der Waals surface area contributed by atoms with Gasteiger partial charge in [0.05, 0.1) is 12.5 Å². The molecule has 0 aliphatic carbocycles. The summed E-state index contributed by atoms with van der Waals surface area (Å²) in [6.45, 7) is 3.58. The Morgan fingerprint density at radius 2 is 2.10 bits per heavy atom. The highest BCUT2D eigenvalue weighted by Crippen LogP contribution is 2.34. The summed E-state index contributed by atoms with van der Waals surface area (Å²) >= 11 is 6.08. The van der Waals surface area contributed by atoms with Crippen LogP contribution in [0.4, 0.5) is 9.18 Å². The number of amides is 4. The number of rotatable bonds is 5. The van der Waals surface area contributed by atoms with Gasteiger partial charge in [-0.1, -0.05) is 17.7 Å². The van der Waals surface area contributed by atoms with Gasteiger partial charge in [-0.3, -0.25) is 19.3 Å². The lowest BCUT2D eigenvalue weighted by molar-refractivity contribution is -0.152. The molecule has 2 atom stereocenters. The zero-order chi connectivity index (χ0) is 22.1. The van der Waals surface area contributed by atoms with Crippen LogP contribution in [0.15, 0.2) is 18.2 Å². The molecular weight excluding hydrogens is 417 g/mol. The zero-order valence-corrected chi connectivity index (χ0v) is 17.5. The number of urea groups is 1. The lowest BCUT2D eigenvalue weighted by Gasteiger charge is -2.32. The third kappa shape index (κ3) is 4.12. The molecule has 1 N–H and O–H groups in total. The Kier molecular flexibility index (Phi) is 6.30. The molecule has 2 fully saturated rings. The summed E-state index contributed by atoms with van der Waals surface area (Å²) in [6, 6.07) is 2.78. The average molecular weight is 440 g/mol. The van der Waals surface area contributed by atoms with Crippen molar-refractivity contribution in [2.75, 3.05) is 26.2 Å². The van der Waals surface area contributed by atoms with E-state index in [9.17, 15) is 23.6 Å². The van der Waals surface area contributed by atoms with Crippen LogP contribution in [-0.2, 0) is 24.7 Å². The smallest absolute Gasteiger partial charge is 0.325 e. The van der Waals surface area contributed by atoms with E-state index in [1.807, 2.05) is 0 Å². The molecule has 0 spiro atoms. The fourth-order valence-electron chi connectivity index (χ4n) is 3.81. The van der Waals surface area contributed by atoms with Crippen LogP contribution in [0.25, 0.3) is 0 Å². The molecule has 2 aliphatic heterocycles. The molecule has 2 saturated heterocycles. The van der Waals surface area contributed by atoms with Crippen LogP contribution in [-0.4, -0.2) is 59.9 Å². The summed E-state index contributed by atoms with van der Waals surface area (Å²) in [7, 11) is 0. The van der Waals surface area contributed by atoms with Crippen LogP contribution in [0.1, 0.15) is 32.3 Å². The molecule has 0 radical (unpaired) electrons. The Labute approximate surface area is 178 Å². The van der Waals surface area contributed by atoms with Crippen LogP contribution in [0.2, 0.25) is 5.02 Å². The number of nitrogens with one attached hydrogen (secondary N) is 1. The molecule has 2 heterocycles. The molecule has 1 aromatic carbocycles. The van der Waals surface area contributed by atoms with Gasteiger partial charge in [0.15, 0.2) is 0 Å². The minimum atomic E-state index is -1.52. The Balaban J connectivity index is 1.72.